The van der Waals surface area contributed by atoms with Crippen molar-refractivity contribution in [3.05, 3.63) is 60.2 Å². The number of rotatable bonds is 8. The van der Waals surface area contributed by atoms with Crippen molar-refractivity contribution in [3.8, 4) is 0 Å². The molecule has 0 saturated carbocycles. The number of unbranched alkanes of at least 4 members (excludes halogenated alkanes) is 1. The maximum atomic E-state index is 11.9. The molecule has 23 heavy (non-hydrogen) atoms. The molecule has 5 heteroatoms. The van der Waals surface area contributed by atoms with Gasteiger partial charge in [-0.15, -0.1) is 0 Å². The van der Waals surface area contributed by atoms with Gasteiger partial charge in [0.1, 0.15) is 0 Å². The van der Waals surface area contributed by atoms with Crippen LogP contribution in [0.25, 0.3) is 0 Å². The largest absolute Gasteiger partial charge is 0.370 e. The molecule has 2 aromatic carbocycles. The molecule has 1 N–H and O–H groups in total. The van der Waals surface area contributed by atoms with Crippen molar-refractivity contribution >= 4 is 21.4 Å². The van der Waals surface area contributed by atoms with Gasteiger partial charge < -0.3 is 4.90 Å². The van der Waals surface area contributed by atoms with Crippen molar-refractivity contribution < 1.29 is 8.42 Å². The van der Waals surface area contributed by atoms with Crippen molar-refractivity contribution in [2.75, 3.05) is 22.4 Å². The summed E-state index contributed by atoms with van der Waals surface area (Å²) in [5.41, 5.74) is 2.89. The van der Waals surface area contributed by atoms with E-state index in [9.17, 15) is 8.42 Å². The minimum atomic E-state index is -3.24. The maximum Gasteiger partial charge on any atom is 0.232 e. The zero-order valence-corrected chi connectivity index (χ0v) is 14.5. The van der Waals surface area contributed by atoms with Crippen LogP contribution in [0.3, 0.4) is 0 Å². The van der Waals surface area contributed by atoms with Crippen molar-refractivity contribution in [2.24, 2.45) is 0 Å². The van der Waals surface area contributed by atoms with E-state index in [2.05, 4.69) is 21.8 Å². The Kier molecular flexibility index (Phi) is 6.04. The first-order chi connectivity index (χ1) is 11.0. The van der Waals surface area contributed by atoms with E-state index < -0.39 is 10.0 Å². The molecule has 0 saturated heterocycles. The number of anilines is 2. The van der Waals surface area contributed by atoms with E-state index in [4.69, 9.17) is 0 Å². The highest BCUT2D eigenvalue weighted by Crippen LogP contribution is 2.19. The van der Waals surface area contributed by atoms with Crippen molar-refractivity contribution in [2.45, 2.75) is 26.3 Å². The lowest BCUT2D eigenvalue weighted by Crippen LogP contribution is -2.17. The third-order valence-corrected chi connectivity index (χ3v) is 4.98. The normalized spacial score (nSPS) is 11.2. The molecule has 4 nitrogen and oxygen atoms in total. The second kappa shape index (κ2) is 8.02. The van der Waals surface area contributed by atoms with Crippen LogP contribution in [0.1, 0.15) is 25.3 Å². The highest BCUT2D eigenvalue weighted by atomic mass is 32.2. The first-order valence-electron chi connectivity index (χ1n) is 7.86. The van der Waals surface area contributed by atoms with Crippen LogP contribution < -0.4 is 9.62 Å². The van der Waals surface area contributed by atoms with Gasteiger partial charge >= 0.3 is 0 Å². The summed E-state index contributed by atoms with van der Waals surface area (Å²) < 4.78 is 26.4. The van der Waals surface area contributed by atoms with E-state index in [1.165, 1.54) is 5.56 Å². The third-order valence-electron chi connectivity index (χ3n) is 3.61. The molecule has 2 aromatic rings. The zero-order chi connectivity index (χ0) is 16.7. The Morgan fingerprint density at radius 2 is 1.65 bits per heavy atom. The Morgan fingerprint density at radius 1 is 1.00 bits per heavy atom. The molecule has 0 fully saturated rings. The van der Waals surface area contributed by atoms with Gasteiger partial charge in [0, 0.05) is 25.0 Å². The molecule has 0 bridgehead atoms. The quantitative estimate of drug-likeness (QED) is 0.798. The Morgan fingerprint density at radius 3 is 2.26 bits per heavy atom. The van der Waals surface area contributed by atoms with Crippen molar-refractivity contribution in [1.29, 1.82) is 0 Å². The van der Waals surface area contributed by atoms with E-state index in [0.29, 0.717) is 12.1 Å². The van der Waals surface area contributed by atoms with Gasteiger partial charge in [0.15, 0.2) is 0 Å². The van der Waals surface area contributed by atoms with E-state index >= 15 is 0 Å². The van der Waals surface area contributed by atoms with Crippen molar-refractivity contribution in [1.82, 2.24) is 0 Å². The van der Waals surface area contributed by atoms with Crippen LogP contribution in [-0.2, 0) is 16.6 Å². The molecule has 0 aliphatic heterocycles. The van der Waals surface area contributed by atoms with Crippen molar-refractivity contribution in [3.63, 3.8) is 0 Å². The van der Waals surface area contributed by atoms with Gasteiger partial charge in [0.05, 0.1) is 5.75 Å². The summed E-state index contributed by atoms with van der Waals surface area (Å²) in [6.07, 6.45) is 1.54. The fourth-order valence-electron chi connectivity index (χ4n) is 2.30. The zero-order valence-electron chi connectivity index (χ0n) is 13.7. The number of nitrogens with one attached hydrogen (secondary N) is 1. The van der Waals surface area contributed by atoms with Gasteiger partial charge in [-0.05, 0) is 36.2 Å². The Balaban J connectivity index is 1.99. The SMILES string of the molecule is CCCCS(=O)(=O)Nc1ccc(N(C)Cc2ccccc2)cc1. The summed E-state index contributed by atoms with van der Waals surface area (Å²) >= 11 is 0. The molecule has 0 spiro atoms. The first kappa shape index (κ1) is 17.3. The number of sulfonamides is 1. The first-order valence-corrected chi connectivity index (χ1v) is 9.51. The monoisotopic (exact) mass is 332 g/mol. The predicted octanol–water partition coefficient (Wildman–Crippen LogP) is 3.86. The summed E-state index contributed by atoms with van der Waals surface area (Å²) in [6.45, 7) is 2.79. The average Bonchev–Trinajstić information content (AvgIpc) is 2.54. The van der Waals surface area contributed by atoms with Gasteiger partial charge in [-0.25, -0.2) is 8.42 Å². The minimum Gasteiger partial charge on any atom is -0.370 e. The molecular formula is C18H24N2O2S. The Labute approximate surface area is 139 Å². The van der Waals surface area contributed by atoms with E-state index in [1.807, 2.05) is 44.3 Å². The fourth-order valence-corrected chi connectivity index (χ4v) is 3.56. The highest BCUT2D eigenvalue weighted by Gasteiger charge is 2.09. The summed E-state index contributed by atoms with van der Waals surface area (Å²) in [4.78, 5) is 2.13. The molecule has 2 rings (SSSR count). The minimum absolute atomic E-state index is 0.166. The third kappa shape index (κ3) is 5.60. The summed E-state index contributed by atoms with van der Waals surface area (Å²) in [5, 5.41) is 0. The van der Waals surface area contributed by atoms with Gasteiger partial charge in [0.2, 0.25) is 10.0 Å². The van der Waals surface area contributed by atoms with Crippen LogP contribution in [-0.4, -0.2) is 21.2 Å². The lowest BCUT2D eigenvalue weighted by Gasteiger charge is -2.20. The Hall–Kier alpha value is -2.01. The van der Waals surface area contributed by atoms with E-state index in [0.717, 1.165) is 18.7 Å². The number of benzene rings is 2. The number of hydrogen-bond acceptors (Lipinski definition) is 3. The molecule has 0 heterocycles. The maximum absolute atomic E-state index is 11.9. The fraction of sp³-hybridized carbons (Fsp3) is 0.333. The van der Waals surface area contributed by atoms with Crippen LogP contribution in [0.15, 0.2) is 54.6 Å². The van der Waals surface area contributed by atoms with Crippen LogP contribution in [0, 0.1) is 0 Å². The molecule has 124 valence electrons. The average molecular weight is 332 g/mol. The van der Waals surface area contributed by atoms with Gasteiger partial charge in [-0.1, -0.05) is 43.7 Å². The Bertz CT molecular complexity index is 698. The van der Waals surface area contributed by atoms with E-state index in [-0.39, 0.29) is 5.75 Å². The lowest BCUT2D eigenvalue weighted by molar-refractivity contribution is 0.598. The van der Waals surface area contributed by atoms with Crippen LogP contribution in [0.5, 0.6) is 0 Å². The smallest absolute Gasteiger partial charge is 0.232 e. The van der Waals surface area contributed by atoms with Crippen LogP contribution in [0.4, 0.5) is 11.4 Å². The number of nitrogens with zero attached hydrogens (tertiary/aromatic N) is 1. The molecule has 0 unspecified atom stereocenters. The number of hydrogen-bond donors (Lipinski definition) is 1. The highest BCUT2D eigenvalue weighted by molar-refractivity contribution is 7.92. The van der Waals surface area contributed by atoms with Crippen LogP contribution >= 0.6 is 0 Å². The van der Waals surface area contributed by atoms with Crippen LogP contribution in [0.2, 0.25) is 0 Å². The van der Waals surface area contributed by atoms with Gasteiger partial charge in [0.25, 0.3) is 0 Å². The topological polar surface area (TPSA) is 49.4 Å². The second-order valence-electron chi connectivity index (χ2n) is 5.66. The lowest BCUT2D eigenvalue weighted by atomic mass is 10.2. The summed E-state index contributed by atoms with van der Waals surface area (Å²) in [5.74, 6) is 0.166. The molecule has 0 radical (unpaired) electrons. The molecule has 0 atom stereocenters. The van der Waals surface area contributed by atoms with Gasteiger partial charge in [-0.2, -0.15) is 0 Å². The predicted molar refractivity (Wildman–Crippen MR) is 97.3 cm³/mol. The molecule has 0 amide bonds. The standard InChI is InChI=1S/C18H24N2O2S/c1-3-4-14-23(21,22)19-17-10-12-18(13-11-17)20(2)15-16-8-6-5-7-9-16/h5-13,19H,3-4,14-15H2,1-2H3. The van der Waals surface area contributed by atoms with E-state index in [1.54, 1.807) is 12.1 Å². The molecule has 0 aliphatic rings. The second-order valence-corrected chi connectivity index (χ2v) is 7.50. The van der Waals surface area contributed by atoms with Gasteiger partial charge in [-0.3, -0.25) is 4.72 Å². The molecule has 0 aromatic heterocycles. The summed E-state index contributed by atoms with van der Waals surface area (Å²) in [7, 11) is -1.22. The molecule has 0 aliphatic carbocycles. The molecular weight excluding hydrogens is 308 g/mol. The summed E-state index contributed by atoms with van der Waals surface area (Å²) in [6, 6.07) is 17.7.